The van der Waals surface area contributed by atoms with Crippen LogP contribution in [0.4, 0.5) is 5.69 Å². The van der Waals surface area contributed by atoms with Crippen molar-refractivity contribution in [3.05, 3.63) is 24.3 Å². The highest BCUT2D eigenvalue weighted by atomic mass is 32.2. The Balaban J connectivity index is 2.06. The van der Waals surface area contributed by atoms with E-state index in [1.54, 1.807) is 29.2 Å². The molecule has 150 valence electrons. The number of anilines is 1. The van der Waals surface area contributed by atoms with E-state index in [1.807, 2.05) is 6.92 Å². The highest BCUT2D eigenvalue weighted by Gasteiger charge is 2.30. The molecule has 1 aromatic rings. The van der Waals surface area contributed by atoms with Crippen LogP contribution in [-0.4, -0.2) is 64.8 Å². The Morgan fingerprint density at radius 1 is 1.19 bits per heavy atom. The van der Waals surface area contributed by atoms with Gasteiger partial charge in [-0.25, -0.2) is 8.42 Å². The number of sulfonamides is 1. The number of esters is 1. The molecular weight excluding hydrogens is 372 g/mol. The Hall–Kier alpha value is -2.29. The van der Waals surface area contributed by atoms with Crippen LogP contribution in [0.15, 0.2) is 24.3 Å². The fraction of sp³-hybridized carbons (Fsp3) is 0.556. The summed E-state index contributed by atoms with van der Waals surface area (Å²) < 4.78 is 35.6. The number of hydrogen-bond acceptors (Lipinski definition) is 6. The van der Waals surface area contributed by atoms with Gasteiger partial charge in [-0.15, -0.1) is 0 Å². The van der Waals surface area contributed by atoms with Crippen molar-refractivity contribution in [3.63, 3.8) is 0 Å². The predicted molar refractivity (Wildman–Crippen MR) is 101 cm³/mol. The van der Waals surface area contributed by atoms with E-state index in [1.165, 1.54) is 7.11 Å². The number of hydrogen-bond donors (Lipinski definition) is 0. The molecule has 1 aliphatic heterocycles. The van der Waals surface area contributed by atoms with Gasteiger partial charge in [0.15, 0.2) is 0 Å². The van der Waals surface area contributed by atoms with Crippen LogP contribution < -0.4 is 9.04 Å². The first-order valence-corrected chi connectivity index (χ1v) is 10.7. The standard InChI is InChI=1S/C18H26N2O6S/c1-4-26-16-7-5-15(6-8-16)20(27(3,23)24)13-17(21)19-11-9-14(10-12-19)18(22)25-2/h5-8,14H,4,9-13H2,1-3H3. The molecule has 1 aliphatic rings. The van der Waals surface area contributed by atoms with Gasteiger partial charge in [0.1, 0.15) is 12.3 Å². The second-order valence-electron chi connectivity index (χ2n) is 6.37. The van der Waals surface area contributed by atoms with Gasteiger partial charge in [-0.3, -0.25) is 13.9 Å². The van der Waals surface area contributed by atoms with Gasteiger partial charge in [0, 0.05) is 13.1 Å². The highest BCUT2D eigenvalue weighted by Crippen LogP contribution is 2.23. The molecule has 0 aromatic heterocycles. The fourth-order valence-electron chi connectivity index (χ4n) is 3.03. The van der Waals surface area contributed by atoms with Crippen molar-refractivity contribution in [2.45, 2.75) is 19.8 Å². The molecule has 0 aliphatic carbocycles. The van der Waals surface area contributed by atoms with E-state index in [9.17, 15) is 18.0 Å². The molecule has 0 saturated carbocycles. The van der Waals surface area contributed by atoms with Gasteiger partial charge >= 0.3 is 5.97 Å². The monoisotopic (exact) mass is 398 g/mol. The Morgan fingerprint density at radius 3 is 2.26 bits per heavy atom. The second-order valence-corrected chi connectivity index (χ2v) is 8.28. The Morgan fingerprint density at radius 2 is 1.78 bits per heavy atom. The number of ether oxygens (including phenoxy) is 2. The van der Waals surface area contributed by atoms with Gasteiger partial charge in [0.2, 0.25) is 15.9 Å². The van der Waals surface area contributed by atoms with E-state index in [4.69, 9.17) is 9.47 Å². The van der Waals surface area contributed by atoms with Crippen LogP contribution in [0, 0.1) is 5.92 Å². The fourth-order valence-corrected chi connectivity index (χ4v) is 3.88. The van der Waals surface area contributed by atoms with Gasteiger partial charge in [0.25, 0.3) is 0 Å². The lowest BCUT2D eigenvalue weighted by Crippen LogP contribution is -2.46. The largest absolute Gasteiger partial charge is 0.494 e. The lowest BCUT2D eigenvalue weighted by Gasteiger charge is -2.32. The SMILES string of the molecule is CCOc1ccc(N(CC(=O)N2CCC(C(=O)OC)CC2)S(C)(=O)=O)cc1. The molecule has 27 heavy (non-hydrogen) atoms. The van der Waals surface area contributed by atoms with E-state index in [0.717, 1.165) is 10.6 Å². The molecule has 0 bridgehead atoms. The summed E-state index contributed by atoms with van der Waals surface area (Å²) in [5.41, 5.74) is 0.402. The summed E-state index contributed by atoms with van der Waals surface area (Å²) in [4.78, 5) is 25.8. The molecule has 0 atom stereocenters. The van der Waals surface area contributed by atoms with Crippen LogP contribution in [0.3, 0.4) is 0 Å². The molecule has 1 fully saturated rings. The number of benzene rings is 1. The minimum Gasteiger partial charge on any atom is -0.494 e. The molecule has 8 nitrogen and oxygen atoms in total. The number of amides is 1. The summed E-state index contributed by atoms with van der Waals surface area (Å²) in [6.45, 7) is 2.89. The summed E-state index contributed by atoms with van der Waals surface area (Å²) in [5.74, 6) is -0.144. The van der Waals surface area contributed by atoms with Crippen LogP contribution in [0.25, 0.3) is 0 Å². The number of carbonyl (C=O) groups excluding carboxylic acids is 2. The Bertz CT molecular complexity index is 755. The van der Waals surface area contributed by atoms with Gasteiger partial charge in [-0.05, 0) is 44.0 Å². The van der Waals surface area contributed by atoms with Gasteiger partial charge in [0.05, 0.1) is 31.6 Å². The number of piperidine rings is 1. The second kappa shape index (κ2) is 9.07. The van der Waals surface area contributed by atoms with Crippen LogP contribution in [0.5, 0.6) is 5.75 Å². The molecule has 1 heterocycles. The van der Waals surface area contributed by atoms with Crippen LogP contribution in [0.1, 0.15) is 19.8 Å². The lowest BCUT2D eigenvalue weighted by atomic mass is 9.97. The Kier molecular flexibility index (Phi) is 7.06. The minimum absolute atomic E-state index is 0.212. The van der Waals surface area contributed by atoms with Gasteiger partial charge in [-0.2, -0.15) is 0 Å². The molecule has 0 unspecified atom stereocenters. The van der Waals surface area contributed by atoms with Crippen molar-refractivity contribution in [1.82, 2.24) is 4.90 Å². The summed E-state index contributed by atoms with van der Waals surface area (Å²) in [6, 6.07) is 6.57. The smallest absolute Gasteiger partial charge is 0.308 e. The molecule has 1 saturated heterocycles. The quantitative estimate of drug-likeness (QED) is 0.642. The van der Waals surface area contributed by atoms with Crippen molar-refractivity contribution < 1.29 is 27.5 Å². The molecule has 9 heteroatoms. The minimum atomic E-state index is -3.63. The van der Waals surface area contributed by atoms with Crippen molar-refractivity contribution in [2.75, 3.05) is 43.9 Å². The zero-order chi connectivity index (χ0) is 20.0. The normalized spacial score (nSPS) is 15.3. The van der Waals surface area contributed by atoms with E-state index in [0.29, 0.717) is 44.0 Å². The average Bonchev–Trinajstić information content (AvgIpc) is 2.65. The average molecular weight is 398 g/mol. The summed E-state index contributed by atoms with van der Waals surface area (Å²) in [6.07, 6.45) is 2.10. The number of nitrogens with zero attached hydrogens (tertiary/aromatic N) is 2. The van der Waals surface area contributed by atoms with Crippen molar-refractivity contribution >= 4 is 27.6 Å². The molecule has 0 spiro atoms. The number of carbonyl (C=O) groups is 2. The van der Waals surface area contributed by atoms with E-state index < -0.39 is 10.0 Å². The number of likely N-dealkylation sites (tertiary alicyclic amines) is 1. The third-order valence-electron chi connectivity index (χ3n) is 4.50. The maximum Gasteiger partial charge on any atom is 0.308 e. The topological polar surface area (TPSA) is 93.2 Å². The van der Waals surface area contributed by atoms with Gasteiger partial charge in [-0.1, -0.05) is 0 Å². The third-order valence-corrected chi connectivity index (χ3v) is 5.64. The maximum absolute atomic E-state index is 12.6. The summed E-state index contributed by atoms with van der Waals surface area (Å²) in [5, 5.41) is 0. The molecule has 1 aromatic carbocycles. The first-order valence-electron chi connectivity index (χ1n) is 8.82. The molecular formula is C18H26N2O6S. The first kappa shape index (κ1) is 21.0. The summed E-state index contributed by atoms with van der Waals surface area (Å²) >= 11 is 0. The Labute approximate surface area is 160 Å². The molecule has 0 N–H and O–H groups in total. The van der Waals surface area contributed by atoms with Crippen LogP contribution in [0.2, 0.25) is 0 Å². The van der Waals surface area contributed by atoms with Crippen molar-refractivity contribution in [3.8, 4) is 5.75 Å². The maximum atomic E-state index is 12.6. The van der Waals surface area contributed by atoms with Crippen LogP contribution >= 0.6 is 0 Å². The van der Waals surface area contributed by atoms with Crippen molar-refractivity contribution in [2.24, 2.45) is 5.92 Å². The first-order chi connectivity index (χ1) is 12.8. The van der Waals surface area contributed by atoms with E-state index in [-0.39, 0.29) is 24.3 Å². The third kappa shape index (κ3) is 5.59. The number of methoxy groups -OCH3 is 1. The van der Waals surface area contributed by atoms with Crippen molar-refractivity contribution in [1.29, 1.82) is 0 Å². The van der Waals surface area contributed by atoms with Crippen LogP contribution in [-0.2, 0) is 24.3 Å². The zero-order valence-electron chi connectivity index (χ0n) is 15.9. The summed E-state index contributed by atoms with van der Waals surface area (Å²) in [7, 11) is -2.29. The van der Waals surface area contributed by atoms with E-state index >= 15 is 0 Å². The highest BCUT2D eigenvalue weighted by molar-refractivity contribution is 7.92. The molecule has 0 radical (unpaired) electrons. The number of rotatable bonds is 7. The predicted octanol–water partition coefficient (Wildman–Crippen LogP) is 1.26. The molecule has 1 amide bonds. The molecule has 2 rings (SSSR count). The van der Waals surface area contributed by atoms with E-state index in [2.05, 4.69) is 0 Å². The van der Waals surface area contributed by atoms with Gasteiger partial charge < -0.3 is 14.4 Å². The lowest BCUT2D eigenvalue weighted by molar-refractivity contribution is -0.148. The zero-order valence-corrected chi connectivity index (χ0v) is 16.7.